The summed E-state index contributed by atoms with van der Waals surface area (Å²) in [6.07, 6.45) is 3.04. The molecule has 0 spiro atoms. The number of hydrogen-bond donors (Lipinski definition) is 1. The third-order valence-electron chi connectivity index (χ3n) is 4.08. The van der Waals surface area contributed by atoms with Gasteiger partial charge >= 0.3 is 0 Å². The maximum absolute atomic E-state index is 10.7. The van der Waals surface area contributed by atoms with E-state index in [1.807, 2.05) is 36.5 Å². The molecule has 0 saturated carbocycles. The van der Waals surface area contributed by atoms with Gasteiger partial charge in [-0.15, -0.1) is 0 Å². The van der Waals surface area contributed by atoms with Gasteiger partial charge in [-0.05, 0) is 42.8 Å². The van der Waals surface area contributed by atoms with Crippen LogP contribution in [-0.4, -0.2) is 28.8 Å². The van der Waals surface area contributed by atoms with Gasteiger partial charge in [-0.3, -0.25) is 0 Å². The van der Waals surface area contributed by atoms with Crippen molar-refractivity contribution in [2.75, 3.05) is 18.0 Å². The first kappa shape index (κ1) is 15.9. The summed E-state index contributed by atoms with van der Waals surface area (Å²) in [5.41, 5.74) is 1.08. The number of rotatable bonds is 1. The highest BCUT2D eigenvalue weighted by Crippen LogP contribution is 2.25. The van der Waals surface area contributed by atoms with E-state index in [2.05, 4.69) is 34.7 Å². The van der Waals surface area contributed by atoms with Crippen LogP contribution in [0.25, 0.3) is 0 Å². The minimum absolute atomic E-state index is 0.607. The fourth-order valence-corrected chi connectivity index (χ4v) is 2.87. The molecule has 1 aromatic carbocycles. The Morgan fingerprint density at radius 1 is 1.22 bits per heavy atom. The van der Waals surface area contributed by atoms with E-state index in [0.29, 0.717) is 17.9 Å². The fourth-order valence-electron chi connectivity index (χ4n) is 2.68. The molecule has 0 atom stereocenters. The maximum atomic E-state index is 10.7. The summed E-state index contributed by atoms with van der Waals surface area (Å²) >= 11 is 5.96. The highest BCUT2D eigenvalue weighted by molar-refractivity contribution is 6.30. The molecule has 1 N–H and O–H groups in total. The van der Waals surface area contributed by atoms with E-state index in [4.69, 9.17) is 11.6 Å². The molecule has 4 heteroatoms. The quantitative estimate of drug-likeness (QED) is 0.816. The topological polar surface area (TPSA) is 36.4 Å². The molecule has 3 rings (SSSR count). The Balaban J connectivity index is 1.68. The van der Waals surface area contributed by atoms with Gasteiger partial charge in [0.15, 0.2) is 0 Å². The number of aliphatic hydroxyl groups is 1. The normalized spacial score (nSPS) is 16.6. The molecule has 1 saturated heterocycles. The molecule has 2 aromatic rings. The van der Waals surface area contributed by atoms with Crippen LogP contribution in [0.15, 0.2) is 42.6 Å². The highest BCUT2D eigenvalue weighted by atomic mass is 35.5. The summed E-state index contributed by atoms with van der Waals surface area (Å²) in [7, 11) is 0. The van der Waals surface area contributed by atoms with E-state index in [9.17, 15) is 5.11 Å². The third kappa shape index (κ3) is 4.04. The van der Waals surface area contributed by atoms with Crippen LogP contribution < -0.4 is 4.90 Å². The molecular weight excluding hydrogens is 308 g/mol. The first-order valence-electron chi connectivity index (χ1n) is 7.73. The lowest BCUT2D eigenvalue weighted by Gasteiger charge is -2.35. The molecule has 3 nitrogen and oxygen atoms in total. The van der Waals surface area contributed by atoms with Gasteiger partial charge in [0.2, 0.25) is 0 Å². The second kappa shape index (κ2) is 6.62. The number of nitrogens with zero attached hydrogens (tertiary/aromatic N) is 2. The van der Waals surface area contributed by atoms with Crippen molar-refractivity contribution in [1.29, 1.82) is 0 Å². The molecule has 2 heterocycles. The van der Waals surface area contributed by atoms with Crippen molar-refractivity contribution in [3.8, 4) is 11.8 Å². The molecule has 118 valence electrons. The van der Waals surface area contributed by atoms with E-state index >= 15 is 0 Å². The van der Waals surface area contributed by atoms with Crippen LogP contribution in [0.3, 0.4) is 0 Å². The summed E-state index contributed by atoms with van der Waals surface area (Å²) in [6.45, 7) is 3.55. The molecule has 23 heavy (non-hydrogen) atoms. The molecular formula is C19H19ClN2O. The van der Waals surface area contributed by atoms with E-state index in [1.165, 1.54) is 5.56 Å². The predicted molar refractivity (Wildman–Crippen MR) is 93.7 cm³/mol. The number of piperidine rings is 1. The lowest BCUT2D eigenvalue weighted by atomic mass is 9.91. The SMILES string of the molecule is Cc1ccnc(N2CCC(O)(C#Cc3cccc(Cl)c3)CC2)c1. The van der Waals surface area contributed by atoms with Crippen LogP contribution in [0.1, 0.15) is 24.0 Å². The first-order valence-corrected chi connectivity index (χ1v) is 8.11. The van der Waals surface area contributed by atoms with Crippen LogP contribution in [0.5, 0.6) is 0 Å². The van der Waals surface area contributed by atoms with Gasteiger partial charge in [0, 0.05) is 42.7 Å². The molecule has 0 amide bonds. The minimum Gasteiger partial charge on any atom is -0.377 e. The number of hydrogen-bond acceptors (Lipinski definition) is 3. The second-order valence-electron chi connectivity index (χ2n) is 5.97. The Kier molecular flexibility index (Phi) is 4.56. The van der Waals surface area contributed by atoms with E-state index < -0.39 is 5.60 Å². The number of anilines is 1. The lowest BCUT2D eigenvalue weighted by Crippen LogP contribution is -2.43. The van der Waals surface area contributed by atoms with Gasteiger partial charge in [-0.1, -0.05) is 29.5 Å². The van der Waals surface area contributed by atoms with Gasteiger partial charge < -0.3 is 10.0 Å². The number of halogens is 1. The van der Waals surface area contributed by atoms with Crippen molar-refractivity contribution in [3.05, 3.63) is 58.7 Å². The number of aromatic nitrogens is 1. The Labute approximate surface area is 141 Å². The van der Waals surface area contributed by atoms with Gasteiger partial charge in [-0.25, -0.2) is 4.98 Å². The standard InChI is InChI=1S/C19H19ClN2O/c1-15-6-10-21-18(13-15)22-11-8-19(23,9-12-22)7-5-16-3-2-4-17(20)14-16/h2-4,6,10,13-14,23H,8-9,11-12H2,1H3. The summed E-state index contributed by atoms with van der Waals surface area (Å²) in [5, 5.41) is 11.3. The zero-order chi connectivity index (χ0) is 16.3. The number of aryl methyl sites for hydroxylation is 1. The average Bonchev–Trinajstić information content (AvgIpc) is 2.54. The van der Waals surface area contributed by atoms with Crippen molar-refractivity contribution >= 4 is 17.4 Å². The van der Waals surface area contributed by atoms with Crippen LogP contribution >= 0.6 is 11.6 Å². The molecule has 0 bridgehead atoms. The molecule has 0 aliphatic carbocycles. The van der Waals surface area contributed by atoms with Crippen LogP contribution in [-0.2, 0) is 0 Å². The van der Waals surface area contributed by atoms with Crippen molar-refractivity contribution in [3.63, 3.8) is 0 Å². The van der Waals surface area contributed by atoms with E-state index in [-0.39, 0.29) is 0 Å². The molecule has 1 aliphatic heterocycles. The first-order chi connectivity index (χ1) is 11.0. The lowest BCUT2D eigenvalue weighted by molar-refractivity contribution is 0.0745. The largest absolute Gasteiger partial charge is 0.377 e. The van der Waals surface area contributed by atoms with Gasteiger partial charge in [-0.2, -0.15) is 0 Å². The van der Waals surface area contributed by atoms with Crippen molar-refractivity contribution < 1.29 is 5.11 Å². The fraction of sp³-hybridized carbons (Fsp3) is 0.316. The van der Waals surface area contributed by atoms with Gasteiger partial charge in [0.1, 0.15) is 11.4 Å². The zero-order valence-corrected chi connectivity index (χ0v) is 13.8. The second-order valence-corrected chi connectivity index (χ2v) is 6.41. The van der Waals surface area contributed by atoms with Crippen LogP contribution in [0.4, 0.5) is 5.82 Å². The maximum Gasteiger partial charge on any atom is 0.129 e. The van der Waals surface area contributed by atoms with E-state index in [0.717, 1.165) is 24.5 Å². The monoisotopic (exact) mass is 326 g/mol. The molecule has 0 unspecified atom stereocenters. The zero-order valence-electron chi connectivity index (χ0n) is 13.1. The summed E-state index contributed by atoms with van der Waals surface area (Å²) in [4.78, 5) is 6.60. The third-order valence-corrected chi connectivity index (χ3v) is 4.31. The molecule has 1 fully saturated rings. The Morgan fingerprint density at radius 3 is 2.70 bits per heavy atom. The molecule has 0 radical (unpaired) electrons. The molecule has 1 aromatic heterocycles. The van der Waals surface area contributed by atoms with E-state index in [1.54, 1.807) is 0 Å². The van der Waals surface area contributed by atoms with Crippen molar-refractivity contribution in [2.24, 2.45) is 0 Å². The average molecular weight is 327 g/mol. The number of benzene rings is 1. The Bertz CT molecular complexity index is 755. The Morgan fingerprint density at radius 2 is 2.00 bits per heavy atom. The van der Waals surface area contributed by atoms with Gasteiger partial charge in [0.05, 0.1) is 0 Å². The summed E-state index contributed by atoms with van der Waals surface area (Å²) < 4.78 is 0. The van der Waals surface area contributed by atoms with Crippen molar-refractivity contribution in [1.82, 2.24) is 4.98 Å². The number of pyridine rings is 1. The minimum atomic E-state index is -0.942. The Hall–Kier alpha value is -2.02. The summed E-state index contributed by atoms with van der Waals surface area (Å²) in [5.74, 6) is 7.03. The summed E-state index contributed by atoms with van der Waals surface area (Å²) in [6, 6.07) is 11.4. The van der Waals surface area contributed by atoms with Crippen LogP contribution in [0.2, 0.25) is 5.02 Å². The van der Waals surface area contributed by atoms with Crippen molar-refractivity contribution in [2.45, 2.75) is 25.4 Å². The highest BCUT2D eigenvalue weighted by Gasteiger charge is 2.30. The van der Waals surface area contributed by atoms with Gasteiger partial charge in [0.25, 0.3) is 0 Å². The van der Waals surface area contributed by atoms with Crippen LogP contribution in [0, 0.1) is 18.8 Å². The molecule has 1 aliphatic rings. The predicted octanol–water partition coefficient (Wildman–Crippen LogP) is 3.43. The smallest absolute Gasteiger partial charge is 0.129 e.